The van der Waals surface area contributed by atoms with Gasteiger partial charge in [-0.2, -0.15) is 15.2 Å². The summed E-state index contributed by atoms with van der Waals surface area (Å²) in [5, 5.41) is 9.97. The number of ether oxygens (including phenoxy) is 1. The first-order valence-corrected chi connectivity index (χ1v) is 15.0. The number of halogens is 2. The Hall–Kier alpha value is -4.10. The molecule has 224 valence electrons. The van der Waals surface area contributed by atoms with Gasteiger partial charge in [0.15, 0.2) is 5.83 Å². The zero-order valence-corrected chi connectivity index (χ0v) is 24.7. The summed E-state index contributed by atoms with van der Waals surface area (Å²) >= 11 is 0. The third-order valence-electron chi connectivity index (χ3n) is 9.28. The smallest absolute Gasteiger partial charge is 0.319 e. The fourth-order valence-corrected chi connectivity index (χ4v) is 6.85. The van der Waals surface area contributed by atoms with Crippen LogP contribution in [0.25, 0.3) is 22.0 Å². The summed E-state index contributed by atoms with van der Waals surface area (Å²) in [4.78, 5) is 27.5. The van der Waals surface area contributed by atoms with E-state index in [4.69, 9.17) is 14.7 Å². The van der Waals surface area contributed by atoms with Crippen molar-refractivity contribution in [3.8, 4) is 23.2 Å². The van der Waals surface area contributed by atoms with Crippen molar-refractivity contribution in [3.63, 3.8) is 0 Å². The average Bonchev–Trinajstić information content (AvgIpc) is 3.59. The molecule has 0 radical (unpaired) electrons. The number of carbonyl (C=O) groups is 1. The number of aromatic nitrogens is 2. The van der Waals surface area contributed by atoms with Gasteiger partial charge in [-0.15, -0.1) is 0 Å². The molecule has 6 rings (SSSR count). The fraction of sp³-hybridized carbons (Fsp3) is 0.455. The number of piperazine rings is 1. The van der Waals surface area contributed by atoms with Crippen LogP contribution in [0.4, 0.5) is 14.6 Å². The zero-order valence-electron chi connectivity index (χ0n) is 24.7. The highest BCUT2D eigenvalue weighted by Gasteiger charge is 2.34. The molecule has 43 heavy (non-hydrogen) atoms. The van der Waals surface area contributed by atoms with Gasteiger partial charge in [-0.3, -0.25) is 4.79 Å². The van der Waals surface area contributed by atoms with Crippen molar-refractivity contribution in [3.05, 3.63) is 59.7 Å². The Morgan fingerprint density at radius 3 is 2.74 bits per heavy atom. The van der Waals surface area contributed by atoms with E-state index < -0.39 is 17.8 Å². The molecule has 1 aromatic heterocycles. The summed E-state index contributed by atoms with van der Waals surface area (Å²) < 4.78 is 36.0. The number of likely N-dealkylation sites (N-methyl/N-ethyl adjacent to an activating group) is 1. The number of nitriles is 1. The van der Waals surface area contributed by atoms with Crippen molar-refractivity contribution in [2.24, 2.45) is 0 Å². The molecule has 0 bridgehead atoms. The van der Waals surface area contributed by atoms with E-state index in [9.17, 15) is 14.4 Å². The zero-order chi connectivity index (χ0) is 30.2. The largest absolute Gasteiger partial charge is 0.462 e. The van der Waals surface area contributed by atoms with Gasteiger partial charge >= 0.3 is 6.01 Å². The predicted molar refractivity (Wildman–Crippen MR) is 161 cm³/mol. The summed E-state index contributed by atoms with van der Waals surface area (Å²) in [6, 6.07) is 11.3. The van der Waals surface area contributed by atoms with Gasteiger partial charge in [0.25, 0.3) is 5.91 Å². The maximum absolute atomic E-state index is 16.0. The SMILES string of the molecule is C=C(F)C(=O)N1CCN(c2nc(OC[C@@H]3CCCN3C)nc3cc(-c4cccc5c4CC[C@@H]5C)c(F)cc23)C[C@@H]1CC#N. The van der Waals surface area contributed by atoms with Crippen LogP contribution in [-0.4, -0.2) is 77.6 Å². The van der Waals surface area contributed by atoms with Crippen molar-refractivity contribution in [2.45, 2.75) is 57.0 Å². The van der Waals surface area contributed by atoms with Crippen LogP contribution in [0.15, 0.2) is 42.7 Å². The van der Waals surface area contributed by atoms with Gasteiger partial charge < -0.3 is 19.4 Å². The number of likely N-dealkylation sites (tertiary alicyclic amines) is 1. The molecule has 1 amide bonds. The number of hydrogen-bond acceptors (Lipinski definition) is 7. The molecule has 10 heteroatoms. The topological polar surface area (TPSA) is 85.6 Å². The molecule has 0 spiro atoms. The lowest BCUT2D eigenvalue weighted by Gasteiger charge is -2.41. The van der Waals surface area contributed by atoms with E-state index in [1.54, 1.807) is 6.07 Å². The molecule has 3 aromatic rings. The van der Waals surface area contributed by atoms with Crippen molar-refractivity contribution >= 4 is 22.6 Å². The minimum atomic E-state index is -1.06. The molecule has 0 unspecified atom stereocenters. The standard InChI is InChI=1S/C33H36F2N6O2/c1-20-9-10-26-24(20)7-4-8-25(26)27-17-30-28(16-29(27)35)31(38-33(37-30)43-19-23-6-5-13-39(23)3)40-14-15-41(32(42)21(2)34)22(18-40)11-12-36/h4,7-8,16-17,20,22-23H,2,5-6,9-11,13-15,18-19H2,1,3H3/t20-,22-,23-/m0/s1. The number of fused-ring (bicyclic) bond motifs is 2. The lowest BCUT2D eigenvalue weighted by atomic mass is 9.94. The van der Waals surface area contributed by atoms with Crippen LogP contribution >= 0.6 is 0 Å². The number of anilines is 1. The number of benzene rings is 2. The molecule has 3 atom stereocenters. The normalized spacial score (nSPS) is 22.1. The van der Waals surface area contributed by atoms with Crippen LogP contribution in [0.1, 0.15) is 49.7 Å². The first-order chi connectivity index (χ1) is 20.7. The molecule has 2 aromatic carbocycles. The third-order valence-corrected chi connectivity index (χ3v) is 9.28. The van der Waals surface area contributed by atoms with Crippen LogP contribution in [0.3, 0.4) is 0 Å². The Balaban J connectivity index is 1.41. The number of amides is 1. The van der Waals surface area contributed by atoms with E-state index in [0.29, 0.717) is 41.4 Å². The van der Waals surface area contributed by atoms with E-state index in [1.165, 1.54) is 22.1 Å². The molecule has 0 saturated carbocycles. The minimum absolute atomic E-state index is 0.00591. The fourth-order valence-electron chi connectivity index (χ4n) is 6.85. The summed E-state index contributed by atoms with van der Waals surface area (Å²) in [7, 11) is 2.07. The molecule has 1 aliphatic carbocycles. The Morgan fingerprint density at radius 1 is 1.16 bits per heavy atom. The molecule has 2 aliphatic heterocycles. The number of nitrogens with zero attached hydrogens (tertiary/aromatic N) is 6. The highest BCUT2D eigenvalue weighted by atomic mass is 19.1. The van der Waals surface area contributed by atoms with Crippen molar-refractivity contribution < 1.29 is 18.3 Å². The summed E-state index contributed by atoms with van der Waals surface area (Å²) in [6.07, 6.45) is 4.07. The number of carbonyl (C=O) groups excluding carboxylic acids is 1. The monoisotopic (exact) mass is 586 g/mol. The molecular weight excluding hydrogens is 550 g/mol. The third kappa shape index (κ3) is 5.54. The molecular formula is C33H36F2N6O2. The quantitative estimate of drug-likeness (QED) is 0.344. The number of rotatable bonds is 7. The van der Waals surface area contributed by atoms with Crippen molar-refractivity contribution in [2.75, 3.05) is 44.7 Å². The second kappa shape index (κ2) is 11.9. The first-order valence-electron chi connectivity index (χ1n) is 15.0. The van der Waals surface area contributed by atoms with Gasteiger partial charge in [-0.25, -0.2) is 8.78 Å². The Morgan fingerprint density at radius 2 is 2.00 bits per heavy atom. The Labute approximate surface area is 250 Å². The van der Waals surface area contributed by atoms with Gasteiger partial charge in [0.05, 0.1) is 24.0 Å². The van der Waals surface area contributed by atoms with Crippen LogP contribution in [0.5, 0.6) is 6.01 Å². The first kappa shape index (κ1) is 29.0. The second-order valence-corrected chi connectivity index (χ2v) is 11.9. The van der Waals surface area contributed by atoms with E-state index >= 15 is 4.39 Å². The van der Waals surface area contributed by atoms with Gasteiger partial charge in [0, 0.05) is 36.6 Å². The minimum Gasteiger partial charge on any atom is -0.462 e. The lowest BCUT2D eigenvalue weighted by molar-refractivity contribution is -0.131. The van der Waals surface area contributed by atoms with E-state index in [1.807, 2.05) is 17.0 Å². The molecule has 3 aliphatic rings. The molecule has 2 fully saturated rings. The van der Waals surface area contributed by atoms with Crippen LogP contribution in [0, 0.1) is 17.1 Å². The Bertz CT molecular complexity index is 1620. The average molecular weight is 587 g/mol. The summed E-state index contributed by atoms with van der Waals surface area (Å²) in [6.45, 7) is 7.48. The summed E-state index contributed by atoms with van der Waals surface area (Å²) in [5.41, 5.74) is 4.36. The van der Waals surface area contributed by atoms with Crippen LogP contribution < -0.4 is 9.64 Å². The summed E-state index contributed by atoms with van der Waals surface area (Å²) in [5.74, 6) is -1.36. The van der Waals surface area contributed by atoms with E-state index in [2.05, 4.69) is 37.6 Å². The molecule has 3 heterocycles. The van der Waals surface area contributed by atoms with Gasteiger partial charge in [-0.1, -0.05) is 31.7 Å². The number of hydrogen-bond donors (Lipinski definition) is 0. The van der Waals surface area contributed by atoms with E-state index in [0.717, 1.165) is 37.8 Å². The maximum Gasteiger partial charge on any atom is 0.319 e. The van der Waals surface area contributed by atoms with Gasteiger partial charge in [-0.05, 0) is 74.0 Å². The maximum atomic E-state index is 16.0. The molecule has 8 nitrogen and oxygen atoms in total. The van der Waals surface area contributed by atoms with Gasteiger partial charge in [0.2, 0.25) is 0 Å². The van der Waals surface area contributed by atoms with E-state index in [-0.39, 0.29) is 37.4 Å². The lowest BCUT2D eigenvalue weighted by Crippen LogP contribution is -2.55. The second-order valence-electron chi connectivity index (χ2n) is 11.9. The highest BCUT2D eigenvalue weighted by molar-refractivity contribution is 5.94. The van der Waals surface area contributed by atoms with Crippen LogP contribution in [-0.2, 0) is 11.2 Å². The molecule has 0 N–H and O–H groups in total. The van der Waals surface area contributed by atoms with Crippen molar-refractivity contribution in [1.82, 2.24) is 19.8 Å². The van der Waals surface area contributed by atoms with Crippen molar-refractivity contribution in [1.29, 1.82) is 5.26 Å². The molecule has 2 saturated heterocycles. The highest BCUT2D eigenvalue weighted by Crippen LogP contribution is 2.41. The predicted octanol–water partition coefficient (Wildman–Crippen LogP) is 5.37. The van der Waals surface area contributed by atoms with Gasteiger partial charge in [0.1, 0.15) is 18.2 Å². The van der Waals surface area contributed by atoms with Crippen LogP contribution in [0.2, 0.25) is 0 Å². The Kier molecular flexibility index (Phi) is 8.01.